The third kappa shape index (κ3) is 3.32. The van der Waals surface area contributed by atoms with Crippen LogP contribution < -0.4 is 5.32 Å². The first-order valence-corrected chi connectivity index (χ1v) is 5.62. The molecule has 2 aromatic heterocycles. The van der Waals surface area contributed by atoms with Gasteiger partial charge in [-0.15, -0.1) is 0 Å². The number of hydrogen-bond acceptors (Lipinski definition) is 5. The van der Waals surface area contributed by atoms with E-state index in [1.54, 1.807) is 23.4 Å². The van der Waals surface area contributed by atoms with Crippen LogP contribution >= 0.6 is 0 Å². The Bertz CT molecular complexity index is 433. The molecule has 0 radical (unpaired) electrons. The lowest BCUT2D eigenvalue weighted by Crippen LogP contribution is -2.19. The highest BCUT2D eigenvalue weighted by Crippen LogP contribution is 2.00. The molecule has 0 aliphatic rings. The molecule has 0 saturated carbocycles. The third-order valence-corrected chi connectivity index (χ3v) is 2.20. The minimum Gasteiger partial charge on any atom is -0.311 e. The van der Waals surface area contributed by atoms with Crippen LogP contribution in [0.4, 0.5) is 0 Å². The first kappa shape index (κ1) is 11.7. The molecule has 2 aromatic rings. The van der Waals surface area contributed by atoms with Crippen molar-refractivity contribution < 1.29 is 0 Å². The lowest BCUT2D eigenvalue weighted by molar-refractivity contribution is 0.547. The fourth-order valence-electron chi connectivity index (χ4n) is 1.37. The summed E-state index contributed by atoms with van der Waals surface area (Å²) in [7, 11) is 0. The molecule has 0 bridgehead atoms. The molecule has 0 fully saturated rings. The highest BCUT2D eigenvalue weighted by atomic mass is 15.3. The van der Waals surface area contributed by atoms with Crippen molar-refractivity contribution in [2.45, 2.75) is 20.4 Å². The maximum Gasteiger partial charge on any atom is 0.173 e. The van der Waals surface area contributed by atoms with Crippen LogP contribution in [-0.4, -0.2) is 31.3 Å². The third-order valence-electron chi connectivity index (χ3n) is 2.20. The number of nitrogens with one attached hydrogen (secondary N) is 1. The van der Waals surface area contributed by atoms with Gasteiger partial charge < -0.3 is 5.32 Å². The standard InChI is InChI=1S/C11H16N6/c1-9(2)3-12-4-10-5-15-11(6-14-10)17-8-13-7-16-17/h5-9,12H,3-4H2,1-2H3. The summed E-state index contributed by atoms with van der Waals surface area (Å²) < 4.78 is 1.58. The smallest absolute Gasteiger partial charge is 0.173 e. The van der Waals surface area contributed by atoms with E-state index in [1.807, 2.05) is 0 Å². The number of nitrogens with zero attached hydrogens (tertiary/aromatic N) is 5. The zero-order valence-corrected chi connectivity index (χ0v) is 10.0. The molecule has 0 atom stereocenters. The minimum atomic E-state index is 0.636. The SMILES string of the molecule is CC(C)CNCc1cnc(-n2cncn2)cn1. The average Bonchev–Trinajstić information content (AvgIpc) is 2.83. The van der Waals surface area contributed by atoms with Crippen LogP contribution in [-0.2, 0) is 6.54 Å². The Morgan fingerprint density at radius 2 is 2.18 bits per heavy atom. The molecule has 0 aliphatic heterocycles. The van der Waals surface area contributed by atoms with E-state index in [9.17, 15) is 0 Å². The first-order chi connectivity index (χ1) is 8.25. The van der Waals surface area contributed by atoms with Gasteiger partial charge in [0, 0.05) is 6.54 Å². The molecule has 0 spiro atoms. The second kappa shape index (κ2) is 5.49. The van der Waals surface area contributed by atoms with E-state index in [4.69, 9.17) is 0 Å². The van der Waals surface area contributed by atoms with Gasteiger partial charge in [0.2, 0.25) is 0 Å². The lowest BCUT2D eigenvalue weighted by atomic mass is 10.2. The van der Waals surface area contributed by atoms with Gasteiger partial charge in [-0.25, -0.2) is 14.6 Å². The summed E-state index contributed by atoms with van der Waals surface area (Å²) in [6.45, 7) is 6.06. The Morgan fingerprint density at radius 1 is 1.29 bits per heavy atom. The van der Waals surface area contributed by atoms with Crippen molar-refractivity contribution in [3.8, 4) is 5.82 Å². The predicted octanol–water partition coefficient (Wildman–Crippen LogP) is 0.803. The van der Waals surface area contributed by atoms with Crippen LogP contribution in [0.2, 0.25) is 0 Å². The summed E-state index contributed by atoms with van der Waals surface area (Å²) in [5.74, 6) is 1.31. The lowest BCUT2D eigenvalue weighted by Gasteiger charge is -2.06. The van der Waals surface area contributed by atoms with Gasteiger partial charge in [-0.05, 0) is 12.5 Å². The highest BCUT2D eigenvalue weighted by molar-refractivity contribution is 5.15. The molecule has 6 heteroatoms. The Kier molecular flexibility index (Phi) is 3.77. The van der Waals surface area contributed by atoms with Gasteiger partial charge in [-0.3, -0.25) is 4.98 Å². The summed E-state index contributed by atoms with van der Waals surface area (Å²) in [5.41, 5.74) is 0.925. The first-order valence-electron chi connectivity index (χ1n) is 5.62. The normalized spacial score (nSPS) is 11.0. The maximum atomic E-state index is 4.32. The number of aromatic nitrogens is 5. The summed E-state index contributed by atoms with van der Waals surface area (Å²) in [5, 5.41) is 7.31. The predicted molar refractivity (Wildman–Crippen MR) is 63.5 cm³/mol. The molecule has 0 saturated heterocycles. The van der Waals surface area contributed by atoms with Crippen molar-refractivity contribution in [3.63, 3.8) is 0 Å². The van der Waals surface area contributed by atoms with E-state index >= 15 is 0 Å². The topological polar surface area (TPSA) is 68.5 Å². The fourth-order valence-corrected chi connectivity index (χ4v) is 1.37. The second-order valence-corrected chi connectivity index (χ2v) is 4.23. The molecule has 0 aromatic carbocycles. The molecule has 2 rings (SSSR count). The zero-order chi connectivity index (χ0) is 12.1. The van der Waals surface area contributed by atoms with Crippen molar-refractivity contribution in [3.05, 3.63) is 30.7 Å². The van der Waals surface area contributed by atoms with Crippen LogP contribution in [0.25, 0.3) is 5.82 Å². The Balaban J connectivity index is 1.94. The molecule has 2 heterocycles. The Labute approximate surface area is 100 Å². The van der Waals surface area contributed by atoms with Gasteiger partial charge in [-0.2, -0.15) is 5.10 Å². The van der Waals surface area contributed by atoms with Gasteiger partial charge in [0.05, 0.1) is 18.1 Å². The van der Waals surface area contributed by atoms with Gasteiger partial charge in [0.15, 0.2) is 5.82 Å². The quantitative estimate of drug-likeness (QED) is 0.826. The van der Waals surface area contributed by atoms with Crippen molar-refractivity contribution in [2.24, 2.45) is 5.92 Å². The largest absolute Gasteiger partial charge is 0.311 e. The minimum absolute atomic E-state index is 0.636. The number of hydrogen-bond donors (Lipinski definition) is 1. The fraction of sp³-hybridized carbons (Fsp3) is 0.455. The van der Waals surface area contributed by atoms with E-state index in [0.717, 1.165) is 18.8 Å². The molecule has 1 N–H and O–H groups in total. The van der Waals surface area contributed by atoms with Crippen LogP contribution in [0.15, 0.2) is 25.0 Å². The molecular weight excluding hydrogens is 216 g/mol. The summed E-state index contributed by atoms with van der Waals surface area (Å²) in [6, 6.07) is 0. The summed E-state index contributed by atoms with van der Waals surface area (Å²) >= 11 is 0. The maximum absolute atomic E-state index is 4.32. The molecule has 17 heavy (non-hydrogen) atoms. The van der Waals surface area contributed by atoms with Crippen molar-refractivity contribution in [1.82, 2.24) is 30.0 Å². The van der Waals surface area contributed by atoms with Crippen LogP contribution in [0.3, 0.4) is 0 Å². The van der Waals surface area contributed by atoms with Crippen LogP contribution in [0.1, 0.15) is 19.5 Å². The molecule has 6 nitrogen and oxygen atoms in total. The zero-order valence-electron chi connectivity index (χ0n) is 10.0. The van der Waals surface area contributed by atoms with Crippen LogP contribution in [0.5, 0.6) is 0 Å². The molecular formula is C11H16N6. The summed E-state index contributed by atoms with van der Waals surface area (Å²) in [4.78, 5) is 12.5. The Hall–Kier alpha value is -1.82. The van der Waals surface area contributed by atoms with Gasteiger partial charge in [0.25, 0.3) is 0 Å². The molecule has 0 amide bonds. The highest BCUT2D eigenvalue weighted by Gasteiger charge is 2.00. The van der Waals surface area contributed by atoms with E-state index in [2.05, 4.69) is 39.2 Å². The van der Waals surface area contributed by atoms with Gasteiger partial charge in [-0.1, -0.05) is 13.8 Å². The molecule has 0 unspecified atom stereocenters. The van der Waals surface area contributed by atoms with Crippen molar-refractivity contribution >= 4 is 0 Å². The molecule has 90 valence electrons. The average molecular weight is 232 g/mol. The van der Waals surface area contributed by atoms with Gasteiger partial charge >= 0.3 is 0 Å². The van der Waals surface area contributed by atoms with E-state index in [0.29, 0.717) is 11.7 Å². The number of rotatable bonds is 5. The Morgan fingerprint density at radius 3 is 2.76 bits per heavy atom. The summed E-state index contributed by atoms with van der Waals surface area (Å²) in [6.07, 6.45) is 6.52. The molecule has 0 aliphatic carbocycles. The van der Waals surface area contributed by atoms with E-state index < -0.39 is 0 Å². The monoisotopic (exact) mass is 232 g/mol. The van der Waals surface area contributed by atoms with Crippen molar-refractivity contribution in [1.29, 1.82) is 0 Å². The van der Waals surface area contributed by atoms with Gasteiger partial charge in [0.1, 0.15) is 12.7 Å². The van der Waals surface area contributed by atoms with Crippen molar-refractivity contribution in [2.75, 3.05) is 6.54 Å². The van der Waals surface area contributed by atoms with Crippen LogP contribution in [0, 0.1) is 5.92 Å². The second-order valence-electron chi connectivity index (χ2n) is 4.23. The van der Waals surface area contributed by atoms with E-state index in [1.165, 1.54) is 6.33 Å². The van der Waals surface area contributed by atoms with E-state index in [-0.39, 0.29) is 0 Å².